The minimum atomic E-state index is -3.06. The van der Waals surface area contributed by atoms with Gasteiger partial charge in [-0.25, -0.2) is 13.2 Å². The molecule has 0 aliphatic heterocycles. The van der Waals surface area contributed by atoms with Crippen molar-refractivity contribution in [3.05, 3.63) is 34.1 Å². The van der Waals surface area contributed by atoms with Gasteiger partial charge in [0.05, 0.1) is 5.02 Å². The van der Waals surface area contributed by atoms with E-state index in [1.54, 1.807) is 0 Å². The molecule has 0 unspecified atom stereocenters. The Morgan fingerprint density at radius 1 is 1.36 bits per heavy atom. The lowest BCUT2D eigenvalue weighted by Crippen LogP contribution is -2.12. The lowest BCUT2D eigenvalue weighted by atomic mass is 10.0. The number of hydrogen-bond acceptors (Lipinski definition) is 0. The van der Waals surface area contributed by atoms with Crippen LogP contribution in [0.25, 0.3) is 0 Å². The third-order valence-corrected chi connectivity index (χ3v) is 2.40. The zero-order chi connectivity index (χ0) is 10.9. The van der Waals surface area contributed by atoms with Crippen LogP contribution in [-0.4, -0.2) is 0 Å². The summed E-state index contributed by atoms with van der Waals surface area (Å²) < 4.78 is 39.4. The Bertz CT molecular complexity index is 347. The van der Waals surface area contributed by atoms with Gasteiger partial charge in [0.1, 0.15) is 5.82 Å². The lowest BCUT2D eigenvalue weighted by molar-refractivity contribution is -0.00846. The zero-order valence-corrected chi connectivity index (χ0v) is 8.63. The van der Waals surface area contributed by atoms with Gasteiger partial charge in [-0.05, 0) is 24.6 Å². The molecule has 1 aromatic carbocycles. The van der Waals surface area contributed by atoms with Crippen molar-refractivity contribution in [3.63, 3.8) is 0 Å². The van der Waals surface area contributed by atoms with Crippen LogP contribution in [0, 0.1) is 12.7 Å². The van der Waals surface area contributed by atoms with Crippen LogP contribution in [0.1, 0.15) is 24.5 Å². The fraction of sp³-hybridized carbons (Fsp3) is 0.400. The van der Waals surface area contributed by atoms with E-state index in [9.17, 15) is 13.2 Å². The maximum absolute atomic E-state index is 13.2. The summed E-state index contributed by atoms with van der Waals surface area (Å²) in [6.07, 6.45) is -0.394. The number of halogens is 4. The molecular weight excluding hydrogens is 213 g/mol. The van der Waals surface area contributed by atoms with Crippen molar-refractivity contribution in [1.82, 2.24) is 0 Å². The third-order valence-electron chi connectivity index (χ3n) is 2.09. The van der Waals surface area contributed by atoms with Gasteiger partial charge in [-0.1, -0.05) is 18.5 Å². The van der Waals surface area contributed by atoms with Crippen LogP contribution >= 0.6 is 11.6 Å². The number of hydrogen-bond donors (Lipinski definition) is 0. The summed E-state index contributed by atoms with van der Waals surface area (Å²) in [7, 11) is 0. The fourth-order valence-electron chi connectivity index (χ4n) is 1.12. The molecule has 0 atom stereocenters. The maximum atomic E-state index is 13.2. The first-order valence-corrected chi connectivity index (χ1v) is 4.60. The summed E-state index contributed by atoms with van der Waals surface area (Å²) in [5.74, 6) is -3.72. The quantitative estimate of drug-likeness (QED) is 0.700. The van der Waals surface area contributed by atoms with E-state index in [1.165, 1.54) is 19.9 Å². The molecule has 4 heteroatoms. The summed E-state index contributed by atoms with van der Waals surface area (Å²) in [4.78, 5) is 0. The van der Waals surface area contributed by atoms with E-state index < -0.39 is 23.7 Å². The molecule has 0 aromatic heterocycles. The molecule has 0 radical (unpaired) electrons. The van der Waals surface area contributed by atoms with E-state index in [4.69, 9.17) is 11.6 Å². The summed E-state index contributed by atoms with van der Waals surface area (Å²) in [6, 6.07) is 2.02. The molecule has 0 bridgehead atoms. The summed E-state index contributed by atoms with van der Waals surface area (Å²) >= 11 is 5.62. The van der Waals surface area contributed by atoms with Gasteiger partial charge < -0.3 is 0 Å². The predicted molar refractivity (Wildman–Crippen MR) is 50.3 cm³/mol. The van der Waals surface area contributed by atoms with Crippen LogP contribution in [0.3, 0.4) is 0 Å². The summed E-state index contributed by atoms with van der Waals surface area (Å²) in [5.41, 5.74) is -0.171. The third kappa shape index (κ3) is 2.03. The Balaban J connectivity index is 3.29. The van der Waals surface area contributed by atoms with E-state index in [-0.39, 0.29) is 10.6 Å². The molecule has 0 heterocycles. The summed E-state index contributed by atoms with van der Waals surface area (Å²) in [5, 5.41) is -0.0873. The second-order valence-electron chi connectivity index (χ2n) is 3.14. The van der Waals surface area contributed by atoms with Gasteiger partial charge in [0.25, 0.3) is 5.92 Å². The highest BCUT2D eigenvalue weighted by molar-refractivity contribution is 6.31. The number of aryl methyl sites for hydroxylation is 1. The smallest absolute Gasteiger partial charge is 0.207 e. The number of benzene rings is 1. The zero-order valence-electron chi connectivity index (χ0n) is 7.87. The Morgan fingerprint density at radius 3 is 2.43 bits per heavy atom. The SMILES string of the molecule is CCC(F)(F)c1cc(F)c(C)cc1Cl. The molecule has 0 spiro atoms. The molecule has 0 amide bonds. The van der Waals surface area contributed by atoms with Crippen molar-refractivity contribution in [2.75, 3.05) is 0 Å². The Kier molecular flexibility index (Phi) is 3.10. The first kappa shape index (κ1) is 11.4. The first-order valence-electron chi connectivity index (χ1n) is 4.22. The van der Waals surface area contributed by atoms with Crippen LogP contribution < -0.4 is 0 Å². The van der Waals surface area contributed by atoms with Crippen molar-refractivity contribution in [1.29, 1.82) is 0 Å². The highest BCUT2D eigenvalue weighted by atomic mass is 35.5. The highest BCUT2D eigenvalue weighted by Crippen LogP contribution is 2.37. The van der Waals surface area contributed by atoms with Gasteiger partial charge >= 0.3 is 0 Å². The lowest BCUT2D eigenvalue weighted by Gasteiger charge is -2.16. The van der Waals surface area contributed by atoms with Gasteiger partial charge in [-0.2, -0.15) is 0 Å². The second kappa shape index (κ2) is 3.81. The monoisotopic (exact) mass is 222 g/mol. The second-order valence-corrected chi connectivity index (χ2v) is 3.55. The van der Waals surface area contributed by atoms with Gasteiger partial charge in [0.15, 0.2) is 0 Å². The molecule has 1 rings (SSSR count). The van der Waals surface area contributed by atoms with Crippen molar-refractivity contribution >= 4 is 11.6 Å². The normalized spacial score (nSPS) is 11.9. The molecular formula is C10H10ClF3. The standard InChI is InChI=1S/C10H10ClF3/c1-3-10(13,14)7-5-9(12)6(2)4-8(7)11/h4-5H,3H2,1-2H3. The van der Waals surface area contributed by atoms with Gasteiger partial charge in [-0.15, -0.1) is 0 Å². The van der Waals surface area contributed by atoms with Crippen molar-refractivity contribution < 1.29 is 13.2 Å². The molecule has 14 heavy (non-hydrogen) atoms. The van der Waals surface area contributed by atoms with Crippen LogP contribution in [0.15, 0.2) is 12.1 Å². The van der Waals surface area contributed by atoms with Crippen molar-refractivity contribution in [2.24, 2.45) is 0 Å². The van der Waals surface area contributed by atoms with Crippen molar-refractivity contribution in [3.8, 4) is 0 Å². The van der Waals surface area contributed by atoms with E-state index in [2.05, 4.69) is 0 Å². The Labute approximate surface area is 85.7 Å². The number of alkyl halides is 2. The molecule has 0 aliphatic carbocycles. The predicted octanol–water partition coefficient (Wildman–Crippen LogP) is 4.29. The van der Waals surface area contributed by atoms with E-state index in [0.29, 0.717) is 0 Å². The minimum absolute atomic E-state index is 0.0873. The van der Waals surface area contributed by atoms with Crippen LogP contribution in [0.5, 0.6) is 0 Å². The minimum Gasteiger partial charge on any atom is -0.207 e. The van der Waals surface area contributed by atoms with E-state index in [1.807, 2.05) is 0 Å². The Hall–Kier alpha value is -0.700. The van der Waals surface area contributed by atoms with E-state index >= 15 is 0 Å². The molecule has 0 saturated carbocycles. The first-order chi connectivity index (χ1) is 6.38. The van der Waals surface area contributed by atoms with Gasteiger partial charge in [0, 0.05) is 12.0 Å². The van der Waals surface area contributed by atoms with Crippen LogP contribution in [-0.2, 0) is 5.92 Å². The molecule has 0 fully saturated rings. The van der Waals surface area contributed by atoms with Gasteiger partial charge in [-0.3, -0.25) is 0 Å². The van der Waals surface area contributed by atoms with E-state index in [0.717, 1.165) is 6.07 Å². The molecule has 0 N–H and O–H groups in total. The molecule has 1 aromatic rings. The molecule has 0 saturated heterocycles. The average Bonchev–Trinajstić information content (AvgIpc) is 2.11. The molecule has 0 nitrogen and oxygen atoms in total. The molecule has 78 valence electrons. The van der Waals surface area contributed by atoms with Crippen LogP contribution in [0.2, 0.25) is 5.02 Å². The Morgan fingerprint density at radius 2 is 1.93 bits per heavy atom. The maximum Gasteiger partial charge on any atom is 0.274 e. The van der Waals surface area contributed by atoms with Crippen molar-refractivity contribution in [2.45, 2.75) is 26.2 Å². The van der Waals surface area contributed by atoms with Gasteiger partial charge in [0.2, 0.25) is 0 Å². The number of rotatable bonds is 2. The molecule has 0 aliphatic rings. The average molecular weight is 223 g/mol. The fourth-order valence-corrected chi connectivity index (χ4v) is 1.47. The largest absolute Gasteiger partial charge is 0.274 e. The van der Waals surface area contributed by atoms with Crippen LogP contribution in [0.4, 0.5) is 13.2 Å². The highest BCUT2D eigenvalue weighted by Gasteiger charge is 2.32. The summed E-state index contributed by atoms with van der Waals surface area (Å²) in [6.45, 7) is 2.81. The topological polar surface area (TPSA) is 0 Å².